The van der Waals surface area contributed by atoms with Crippen molar-refractivity contribution < 1.29 is 22.7 Å². The fourth-order valence-corrected chi connectivity index (χ4v) is 6.71. The maximum absolute atomic E-state index is 12.9. The average Bonchev–Trinajstić information content (AvgIpc) is 2.99. The molecule has 7 nitrogen and oxygen atoms in total. The number of halogens is 1. The fraction of sp³-hybridized carbons (Fsp3) is 0.519. The molecule has 2 heterocycles. The minimum Gasteiger partial charge on any atom is -0.490 e. The molecule has 2 aromatic rings. The van der Waals surface area contributed by atoms with Crippen LogP contribution in [0.15, 0.2) is 36.4 Å². The first kappa shape index (κ1) is 25.4. The van der Waals surface area contributed by atoms with Crippen molar-refractivity contribution in [2.45, 2.75) is 50.4 Å². The van der Waals surface area contributed by atoms with Crippen molar-refractivity contribution in [3.8, 4) is 5.75 Å². The van der Waals surface area contributed by atoms with Gasteiger partial charge in [-0.1, -0.05) is 30.5 Å². The first-order valence-electron chi connectivity index (χ1n) is 12.8. The van der Waals surface area contributed by atoms with Crippen LogP contribution < -0.4 is 14.4 Å². The van der Waals surface area contributed by atoms with E-state index in [-0.39, 0.29) is 17.8 Å². The second-order valence-corrected chi connectivity index (χ2v) is 12.4. The molecule has 194 valence electrons. The molecule has 3 aliphatic rings. The number of carbonyl (C=O) groups is 1. The fourth-order valence-electron chi connectivity index (χ4n) is 5.67. The summed E-state index contributed by atoms with van der Waals surface area (Å²) in [6.07, 6.45) is 7.04. The molecule has 0 unspecified atom stereocenters. The Kier molecular flexibility index (Phi) is 7.47. The summed E-state index contributed by atoms with van der Waals surface area (Å²) >= 11 is 6.32. The number of benzene rings is 2. The molecule has 1 atom stereocenters. The van der Waals surface area contributed by atoms with E-state index >= 15 is 0 Å². The third-order valence-corrected chi connectivity index (χ3v) is 8.95. The molecule has 0 aromatic heterocycles. The maximum atomic E-state index is 12.9. The lowest BCUT2D eigenvalue weighted by molar-refractivity contribution is 0.0980. The number of ether oxygens (including phenoxy) is 2. The van der Waals surface area contributed by atoms with Gasteiger partial charge in [-0.25, -0.2) is 13.1 Å². The molecule has 2 bridgehead atoms. The van der Waals surface area contributed by atoms with Crippen molar-refractivity contribution in [1.29, 1.82) is 0 Å². The predicted octanol–water partition coefficient (Wildman–Crippen LogP) is 4.46. The van der Waals surface area contributed by atoms with Crippen molar-refractivity contribution in [2.75, 3.05) is 43.6 Å². The molecule has 1 aliphatic carbocycles. The summed E-state index contributed by atoms with van der Waals surface area (Å²) in [5.74, 6) is -0.159. The monoisotopic (exact) mass is 532 g/mol. The van der Waals surface area contributed by atoms with Gasteiger partial charge in [-0.3, -0.25) is 4.79 Å². The Morgan fingerprint density at radius 3 is 2.75 bits per heavy atom. The second-order valence-electron chi connectivity index (χ2n) is 10.1. The third kappa shape index (κ3) is 5.50. The quantitative estimate of drug-likeness (QED) is 0.539. The van der Waals surface area contributed by atoms with Gasteiger partial charge in [0.05, 0.1) is 24.7 Å². The minimum absolute atomic E-state index is 0.0726. The molecule has 0 radical (unpaired) electrons. The van der Waals surface area contributed by atoms with E-state index in [0.717, 1.165) is 74.5 Å². The summed E-state index contributed by atoms with van der Waals surface area (Å²) in [5.41, 5.74) is 3.53. The number of nitrogens with zero attached hydrogens (tertiary/aromatic N) is 1. The smallest absolute Gasteiger partial charge is 0.264 e. The van der Waals surface area contributed by atoms with Crippen LogP contribution >= 0.6 is 11.6 Å². The highest BCUT2D eigenvalue weighted by molar-refractivity contribution is 7.90. The van der Waals surface area contributed by atoms with E-state index in [0.29, 0.717) is 18.8 Å². The van der Waals surface area contributed by atoms with E-state index in [1.165, 1.54) is 11.1 Å². The number of aryl methyl sites for hydroxylation is 1. The van der Waals surface area contributed by atoms with Gasteiger partial charge in [-0.15, -0.1) is 0 Å². The maximum Gasteiger partial charge on any atom is 0.264 e. The molecule has 9 heteroatoms. The van der Waals surface area contributed by atoms with Crippen molar-refractivity contribution in [1.82, 2.24) is 4.72 Å². The molecule has 2 aliphatic heterocycles. The van der Waals surface area contributed by atoms with Crippen LogP contribution in [-0.2, 0) is 26.6 Å². The van der Waals surface area contributed by atoms with Gasteiger partial charge in [0.2, 0.25) is 10.0 Å². The van der Waals surface area contributed by atoms with Gasteiger partial charge in [0, 0.05) is 35.7 Å². The van der Waals surface area contributed by atoms with Crippen molar-refractivity contribution >= 4 is 33.2 Å². The highest BCUT2D eigenvalue weighted by Crippen LogP contribution is 2.44. The SMILES string of the molecule is O=C1NS(=O)(=O)CCOCCCCCCN2C[C@@]3(CCCc4cc(Cl)ccc43)COc3ccc1cc32. The molecule has 1 amide bonds. The molecule has 36 heavy (non-hydrogen) atoms. The highest BCUT2D eigenvalue weighted by Gasteiger charge is 2.41. The molecule has 0 saturated carbocycles. The Morgan fingerprint density at radius 2 is 1.86 bits per heavy atom. The summed E-state index contributed by atoms with van der Waals surface area (Å²) in [5, 5.41) is 0.753. The molecule has 5 rings (SSSR count). The van der Waals surface area contributed by atoms with Crippen LogP contribution in [0.1, 0.15) is 60.0 Å². The lowest BCUT2D eigenvalue weighted by Crippen LogP contribution is -2.46. The van der Waals surface area contributed by atoms with E-state index in [9.17, 15) is 13.2 Å². The third-order valence-electron chi connectivity index (χ3n) is 7.51. The first-order chi connectivity index (χ1) is 17.4. The van der Waals surface area contributed by atoms with Gasteiger partial charge in [0.25, 0.3) is 5.91 Å². The molecule has 0 saturated heterocycles. The van der Waals surface area contributed by atoms with Gasteiger partial charge in [-0.2, -0.15) is 0 Å². The van der Waals surface area contributed by atoms with Gasteiger partial charge in [0.1, 0.15) is 5.75 Å². The Labute approximate surface area is 218 Å². The van der Waals surface area contributed by atoms with Gasteiger partial charge in [0.15, 0.2) is 0 Å². The number of hydrogen-bond acceptors (Lipinski definition) is 6. The van der Waals surface area contributed by atoms with E-state index in [1.54, 1.807) is 18.2 Å². The first-order valence-corrected chi connectivity index (χ1v) is 14.8. The Bertz CT molecular complexity index is 1230. The zero-order valence-corrected chi connectivity index (χ0v) is 22.0. The summed E-state index contributed by atoms with van der Waals surface area (Å²) in [6.45, 7) is 2.73. The van der Waals surface area contributed by atoms with E-state index in [4.69, 9.17) is 21.1 Å². The summed E-state index contributed by atoms with van der Waals surface area (Å²) < 4.78 is 38.9. The van der Waals surface area contributed by atoms with Crippen LogP contribution in [0.5, 0.6) is 5.75 Å². The van der Waals surface area contributed by atoms with Crippen LogP contribution in [-0.4, -0.2) is 53.0 Å². The number of sulfonamides is 1. The number of hydrogen-bond donors (Lipinski definition) is 1. The van der Waals surface area contributed by atoms with Gasteiger partial charge in [-0.05, 0) is 73.6 Å². The lowest BCUT2D eigenvalue weighted by Gasteiger charge is -2.41. The zero-order chi connectivity index (χ0) is 25.2. The summed E-state index contributed by atoms with van der Waals surface area (Å²) in [4.78, 5) is 15.2. The van der Waals surface area contributed by atoms with Crippen LogP contribution in [0.3, 0.4) is 0 Å². The van der Waals surface area contributed by atoms with Crippen LogP contribution in [0.25, 0.3) is 0 Å². The normalized spacial score (nSPS) is 24.8. The molecule has 1 spiro atoms. The standard InChI is InChI=1S/C27H33ClN2O5S/c28-22-8-9-23-20(16-22)6-5-11-27(23)18-30-12-3-1-2-4-13-34-14-15-36(32,33)29-26(31)21-7-10-25(35-19-27)24(30)17-21/h7-10,16-17H,1-6,11-15,18-19H2,(H,29,31)/t27-/m0/s1. The van der Waals surface area contributed by atoms with Gasteiger partial charge >= 0.3 is 0 Å². The Hall–Kier alpha value is -2.29. The molecule has 2 aromatic carbocycles. The Balaban J connectivity index is 1.51. The highest BCUT2D eigenvalue weighted by atomic mass is 35.5. The Morgan fingerprint density at radius 1 is 1.00 bits per heavy atom. The van der Waals surface area contributed by atoms with Crippen LogP contribution in [0, 0.1) is 0 Å². The number of amides is 1. The number of anilines is 1. The molecule has 1 N–H and O–H groups in total. The van der Waals surface area contributed by atoms with E-state index in [2.05, 4.69) is 21.8 Å². The van der Waals surface area contributed by atoms with Crippen molar-refractivity contribution in [3.63, 3.8) is 0 Å². The number of fused-ring (bicyclic) bond motifs is 3. The average molecular weight is 533 g/mol. The van der Waals surface area contributed by atoms with Crippen LogP contribution in [0.2, 0.25) is 5.02 Å². The summed E-state index contributed by atoms with van der Waals surface area (Å²) in [6, 6.07) is 11.4. The minimum atomic E-state index is -3.79. The molecule has 0 fully saturated rings. The zero-order valence-electron chi connectivity index (χ0n) is 20.4. The largest absolute Gasteiger partial charge is 0.490 e. The predicted molar refractivity (Wildman–Crippen MR) is 141 cm³/mol. The van der Waals surface area contributed by atoms with Gasteiger partial charge < -0.3 is 14.4 Å². The van der Waals surface area contributed by atoms with Crippen molar-refractivity contribution in [2.24, 2.45) is 0 Å². The summed E-state index contributed by atoms with van der Waals surface area (Å²) in [7, 11) is -3.79. The molecular weight excluding hydrogens is 500 g/mol. The molecular formula is C27H33ClN2O5S. The number of rotatable bonds is 0. The van der Waals surface area contributed by atoms with Crippen LogP contribution in [0.4, 0.5) is 5.69 Å². The number of nitrogens with one attached hydrogen (secondary N) is 1. The van der Waals surface area contributed by atoms with Crippen molar-refractivity contribution in [3.05, 3.63) is 58.1 Å². The number of carbonyl (C=O) groups excluding carboxylic acids is 1. The van der Waals surface area contributed by atoms with E-state index in [1.807, 2.05) is 6.07 Å². The lowest BCUT2D eigenvalue weighted by atomic mass is 9.70. The second kappa shape index (κ2) is 10.6. The van der Waals surface area contributed by atoms with E-state index < -0.39 is 15.9 Å². The topological polar surface area (TPSA) is 84.9 Å².